The molecule has 0 bridgehead atoms. The van der Waals surface area contributed by atoms with Crippen molar-refractivity contribution < 1.29 is 9.53 Å². The van der Waals surface area contributed by atoms with Crippen LogP contribution in [0.25, 0.3) is 0 Å². The van der Waals surface area contributed by atoms with Gasteiger partial charge in [0.1, 0.15) is 6.10 Å². The smallest absolute Gasteiger partial charge is 0.253 e. The van der Waals surface area contributed by atoms with Gasteiger partial charge in [0.25, 0.3) is 5.91 Å². The van der Waals surface area contributed by atoms with Crippen molar-refractivity contribution >= 4 is 17.3 Å². The van der Waals surface area contributed by atoms with E-state index in [0.29, 0.717) is 6.61 Å². The van der Waals surface area contributed by atoms with E-state index in [2.05, 4.69) is 41.8 Å². The van der Waals surface area contributed by atoms with Crippen molar-refractivity contribution in [3.05, 3.63) is 59.7 Å². The average Bonchev–Trinajstić information content (AvgIpc) is 3.09. The maximum absolute atomic E-state index is 12.0. The Morgan fingerprint density at radius 1 is 1.17 bits per heavy atom. The molecular weight excluding hydrogens is 288 g/mol. The summed E-state index contributed by atoms with van der Waals surface area (Å²) in [6, 6.07) is 16.2. The number of ether oxygens (including phenoxy) is 1. The lowest BCUT2D eigenvalue weighted by Crippen LogP contribution is -2.26. The number of hydrogen-bond donors (Lipinski definition) is 2. The van der Waals surface area contributed by atoms with Crippen LogP contribution in [-0.2, 0) is 16.1 Å². The molecule has 1 fully saturated rings. The van der Waals surface area contributed by atoms with E-state index in [1.807, 2.05) is 24.3 Å². The first kappa shape index (κ1) is 15.6. The molecule has 0 spiro atoms. The van der Waals surface area contributed by atoms with Gasteiger partial charge in [-0.3, -0.25) is 4.79 Å². The fourth-order valence-electron chi connectivity index (χ4n) is 2.70. The molecule has 4 heteroatoms. The Morgan fingerprint density at radius 3 is 2.65 bits per heavy atom. The molecule has 0 aromatic heterocycles. The zero-order chi connectivity index (χ0) is 16.1. The number of benzene rings is 2. The summed E-state index contributed by atoms with van der Waals surface area (Å²) in [5.41, 5.74) is 4.34. The summed E-state index contributed by atoms with van der Waals surface area (Å²) >= 11 is 0. The van der Waals surface area contributed by atoms with Gasteiger partial charge in [-0.05, 0) is 49.6 Å². The topological polar surface area (TPSA) is 50.4 Å². The number of aryl methyl sites for hydroxylation is 1. The number of rotatable bonds is 5. The molecule has 120 valence electrons. The Labute approximate surface area is 136 Å². The number of hydrogen-bond acceptors (Lipinski definition) is 3. The predicted molar refractivity (Wildman–Crippen MR) is 92.6 cm³/mol. The minimum atomic E-state index is -0.297. The summed E-state index contributed by atoms with van der Waals surface area (Å²) in [4.78, 5) is 12.0. The largest absolute Gasteiger partial charge is 0.381 e. The van der Waals surface area contributed by atoms with Crippen molar-refractivity contribution in [1.29, 1.82) is 0 Å². The second-order valence-electron chi connectivity index (χ2n) is 5.91. The summed E-state index contributed by atoms with van der Waals surface area (Å²) in [6.07, 6.45) is 1.47. The van der Waals surface area contributed by atoms with Crippen LogP contribution >= 0.6 is 0 Å². The summed E-state index contributed by atoms with van der Waals surface area (Å²) in [5.74, 6) is -0.0528. The molecular formula is C19H22N2O2. The zero-order valence-corrected chi connectivity index (χ0v) is 13.3. The standard InChI is InChI=1S/C19H22N2O2/c1-14-4-2-5-15(12-14)13-20-16-7-9-17(10-8-16)21-19(22)18-6-3-11-23-18/h2,4-5,7-10,12,18,20H,3,6,11,13H2,1H3,(H,21,22). The van der Waals surface area contributed by atoms with E-state index in [0.717, 1.165) is 30.8 Å². The molecule has 23 heavy (non-hydrogen) atoms. The first-order valence-electron chi connectivity index (χ1n) is 8.03. The van der Waals surface area contributed by atoms with Crippen LogP contribution in [-0.4, -0.2) is 18.6 Å². The number of amides is 1. The highest BCUT2D eigenvalue weighted by molar-refractivity contribution is 5.94. The van der Waals surface area contributed by atoms with Crippen LogP contribution in [0.2, 0.25) is 0 Å². The highest BCUT2D eigenvalue weighted by Crippen LogP contribution is 2.18. The Morgan fingerprint density at radius 2 is 1.96 bits per heavy atom. The van der Waals surface area contributed by atoms with E-state index in [-0.39, 0.29) is 12.0 Å². The Bertz CT molecular complexity index is 661. The van der Waals surface area contributed by atoms with Crippen molar-refractivity contribution in [2.24, 2.45) is 0 Å². The van der Waals surface area contributed by atoms with Crippen molar-refractivity contribution in [3.8, 4) is 0 Å². The molecule has 3 rings (SSSR count). The van der Waals surface area contributed by atoms with Crippen LogP contribution in [0.1, 0.15) is 24.0 Å². The number of carbonyl (C=O) groups excluding carboxylic acids is 1. The number of anilines is 2. The Kier molecular flexibility index (Phi) is 4.93. The van der Waals surface area contributed by atoms with Crippen molar-refractivity contribution in [1.82, 2.24) is 0 Å². The lowest BCUT2D eigenvalue weighted by atomic mass is 10.1. The van der Waals surface area contributed by atoms with E-state index in [1.165, 1.54) is 11.1 Å². The molecule has 1 heterocycles. The summed E-state index contributed by atoms with van der Waals surface area (Å²) in [6.45, 7) is 3.55. The highest BCUT2D eigenvalue weighted by atomic mass is 16.5. The van der Waals surface area contributed by atoms with Crippen LogP contribution in [0.15, 0.2) is 48.5 Å². The Hall–Kier alpha value is -2.33. The van der Waals surface area contributed by atoms with E-state index in [1.54, 1.807) is 0 Å². The Balaban J connectivity index is 1.53. The van der Waals surface area contributed by atoms with Gasteiger partial charge in [-0.15, -0.1) is 0 Å². The van der Waals surface area contributed by atoms with E-state index in [9.17, 15) is 4.79 Å². The van der Waals surface area contributed by atoms with Crippen LogP contribution < -0.4 is 10.6 Å². The molecule has 1 saturated heterocycles. The van der Waals surface area contributed by atoms with Crippen LogP contribution in [0.4, 0.5) is 11.4 Å². The summed E-state index contributed by atoms with van der Waals surface area (Å²) in [7, 11) is 0. The highest BCUT2D eigenvalue weighted by Gasteiger charge is 2.23. The van der Waals surface area contributed by atoms with Gasteiger partial charge in [0.05, 0.1) is 0 Å². The monoisotopic (exact) mass is 310 g/mol. The molecule has 1 amide bonds. The van der Waals surface area contributed by atoms with Crippen LogP contribution in [0.3, 0.4) is 0 Å². The zero-order valence-electron chi connectivity index (χ0n) is 13.3. The maximum atomic E-state index is 12.0. The molecule has 1 unspecified atom stereocenters. The van der Waals surface area contributed by atoms with Gasteiger partial charge in [0.2, 0.25) is 0 Å². The fourth-order valence-corrected chi connectivity index (χ4v) is 2.70. The molecule has 2 aromatic rings. The van der Waals surface area contributed by atoms with E-state index < -0.39 is 0 Å². The molecule has 0 saturated carbocycles. The van der Waals surface area contributed by atoms with E-state index in [4.69, 9.17) is 4.74 Å². The van der Waals surface area contributed by atoms with Gasteiger partial charge >= 0.3 is 0 Å². The van der Waals surface area contributed by atoms with Crippen LogP contribution in [0, 0.1) is 6.92 Å². The van der Waals surface area contributed by atoms with Gasteiger partial charge < -0.3 is 15.4 Å². The van der Waals surface area contributed by atoms with Gasteiger partial charge in [-0.2, -0.15) is 0 Å². The normalized spacial score (nSPS) is 17.0. The molecule has 4 nitrogen and oxygen atoms in total. The molecule has 0 aliphatic carbocycles. The first-order valence-corrected chi connectivity index (χ1v) is 8.03. The molecule has 2 N–H and O–H groups in total. The third kappa shape index (κ3) is 4.33. The van der Waals surface area contributed by atoms with Crippen molar-refractivity contribution in [2.45, 2.75) is 32.4 Å². The third-order valence-corrected chi connectivity index (χ3v) is 3.95. The van der Waals surface area contributed by atoms with Crippen molar-refractivity contribution in [3.63, 3.8) is 0 Å². The van der Waals surface area contributed by atoms with Gasteiger partial charge in [0.15, 0.2) is 0 Å². The lowest BCUT2D eigenvalue weighted by molar-refractivity contribution is -0.124. The molecule has 1 atom stereocenters. The number of carbonyl (C=O) groups is 1. The van der Waals surface area contributed by atoms with Crippen molar-refractivity contribution in [2.75, 3.05) is 17.2 Å². The molecule has 1 aliphatic rings. The van der Waals surface area contributed by atoms with Crippen LogP contribution in [0.5, 0.6) is 0 Å². The predicted octanol–water partition coefficient (Wildman–Crippen LogP) is 3.72. The minimum Gasteiger partial charge on any atom is -0.381 e. The summed E-state index contributed by atoms with van der Waals surface area (Å²) in [5, 5.41) is 6.29. The van der Waals surface area contributed by atoms with Gasteiger partial charge in [-0.25, -0.2) is 0 Å². The first-order chi connectivity index (χ1) is 11.2. The fraction of sp³-hybridized carbons (Fsp3) is 0.316. The summed E-state index contributed by atoms with van der Waals surface area (Å²) < 4.78 is 5.38. The minimum absolute atomic E-state index is 0.0528. The average molecular weight is 310 g/mol. The number of nitrogens with one attached hydrogen (secondary N) is 2. The second kappa shape index (κ2) is 7.29. The maximum Gasteiger partial charge on any atom is 0.253 e. The van der Waals surface area contributed by atoms with Gasteiger partial charge in [-0.1, -0.05) is 29.8 Å². The SMILES string of the molecule is Cc1cccc(CNc2ccc(NC(=O)C3CCCO3)cc2)c1. The third-order valence-electron chi connectivity index (χ3n) is 3.95. The van der Waals surface area contributed by atoms with E-state index >= 15 is 0 Å². The quantitative estimate of drug-likeness (QED) is 0.885. The van der Waals surface area contributed by atoms with Gasteiger partial charge in [0, 0.05) is 24.5 Å². The lowest BCUT2D eigenvalue weighted by Gasteiger charge is -2.11. The molecule has 1 aliphatic heterocycles. The second-order valence-corrected chi connectivity index (χ2v) is 5.91. The molecule has 0 radical (unpaired) electrons. The molecule has 2 aromatic carbocycles.